The van der Waals surface area contributed by atoms with Gasteiger partial charge in [-0.25, -0.2) is 0 Å². The number of ether oxygens (including phenoxy) is 1. The molecule has 0 saturated heterocycles. The molecule has 2 rings (SSSR count). The number of phenolic OH excluding ortho intramolecular Hbond substituents is 1. The van der Waals surface area contributed by atoms with E-state index in [4.69, 9.17) is 9.73 Å². The van der Waals surface area contributed by atoms with Crippen molar-refractivity contribution in [2.24, 2.45) is 4.99 Å². The minimum Gasteiger partial charge on any atom is -0.507 e. The Kier molecular flexibility index (Phi) is 9.64. The van der Waals surface area contributed by atoms with Gasteiger partial charge in [-0.05, 0) is 49.8 Å². The molecule has 4 heteroatoms. The Bertz CT molecular complexity index is 643. The molecule has 0 spiro atoms. The Balaban J connectivity index is 2.12. The maximum absolute atomic E-state index is 11.0. The molecular weight excluding hydrogens is 360 g/mol. The van der Waals surface area contributed by atoms with Gasteiger partial charge < -0.3 is 14.7 Å². The summed E-state index contributed by atoms with van der Waals surface area (Å²) in [5, 5.41) is 11.0. The van der Waals surface area contributed by atoms with Crippen molar-refractivity contribution in [3.05, 3.63) is 28.8 Å². The van der Waals surface area contributed by atoms with Crippen LogP contribution in [-0.4, -0.2) is 49.1 Å². The summed E-state index contributed by atoms with van der Waals surface area (Å²) in [6.07, 6.45) is 10.2. The topological polar surface area (TPSA) is 45.1 Å². The zero-order chi connectivity index (χ0) is 21.3. The van der Waals surface area contributed by atoms with E-state index in [9.17, 15) is 5.11 Å². The Labute approximate surface area is 178 Å². The van der Waals surface area contributed by atoms with Crippen LogP contribution in [0.1, 0.15) is 89.3 Å². The average Bonchev–Trinajstić information content (AvgIpc) is 2.68. The fourth-order valence-electron chi connectivity index (χ4n) is 3.84. The summed E-state index contributed by atoms with van der Waals surface area (Å²) in [4.78, 5) is 7.08. The fraction of sp³-hybridized carbons (Fsp3) is 0.720. The molecule has 0 aromatic heterocycles. The molecule has 0 bridgehead atoms. The Morgan fingerprint density at radius 3 is 2.55 bits per heavy atom. The minimum absolute atomic E-state index is 0.0302. The molecule has 1 fully saturated rings. The lowest BCUT2D eigenvalue weighted by atomic mass is 9.84. The molecule has 4 nitrogen and oxygen atoms in total. The SMILES string of the molecule is CCCOCCCN(C)Cc1cc(C(C)(C)C)cc(/C=N/C2CCCCC2)c1O. The first-order valence-electron chi connectivity index (χ1n) is 11.5. The Morgan fingerprint density at radius 2 is 1.90 bits per heavy atom. The number of hydrogen-bond donors (Lipinski definition) is 1. The fourth-order valence-corrected chi connectivity index (χ4v) is 3.84. The van der Waals surface area contributed by atoms with Crippen LogP contribution in [0, 0.1) is 0 Å². The highest BCUT2D eigenvalue weighted by molar-refractivity contribution is 5.84. The van der Waals surface area contributed by atoms with Gasteiger partial charge >= 0.3 is 0 Å². The number of rotatable bonds is 10. The largest absolute Gasteiger partial charge is 0.507 e. The molecule has 1 saturated carbocycles. The lowest BCUT2D eigenvalue weighted by Crippen LogP contribution is -2.21. The number of hydrogen-bond acceptors (Lipinski definition) is 4. The molecule has 1 aromatic rings. The van der Waals surface area contributed by atoms with Crippen molar-refractivity contribution in [1.29, 1.82) is 0 Å². The van der Waals surface area contributed by atoms with E-state index in [1.165, 1.54) is 37.7 Å². The van der Waals surface area contributed by atoms with Crippen LogP contribution in [0.4, 0.5) is 0 Å². The van der Waals surface area contributed by atoms with E-state index in [2.05, 4.69) is 51.8 Å². The summed E-state index contributed by atoms with van der Waals surface area (Å²) >= 11 is 0. The van der Waals surface area contributed by atoms with Crippen LogP contribution >= 0.6 is 0 Å². The monoisotopic (exact) mass is 402 g/mol. The molecule has 164 valence electrons. The van der Waals surface area contributed by atoms with Crippen LogP contribution in [0.25, 0.3) is 0 Å². The van der Waals surface area contributed by atoms with Crippen molar-refractivity contribution >= 4 is 6.21 Å². The third-order valence-corrected chi connectivity index (χ3v) is 5.70. The summed E-state index contributed by atoms with van der Waals surface area (Å²) in [5.74, 6) is 0.381. The standard InChI is InChI=1S/C25H42N2O2/c1-6-14-29-15-10-13-27(5)19-21-17-22(25(2,3)4)16-20(24(21)28)18-26-23-11-8-7-9-12-23/h16-18,23,28H,6-15,19H2,1-5H3/b26-18+. The van der Waals surface area contributed by atoms with Crippen LogP contribution < -0.4 is 0 Å². The Morgan fingerprint density at radius 1 is 1.17 bits per heavy atom. The number of aliphatic imine (C=N–C) groups is 1. The van der Waals surface area contributed by atoms with Gasteiger partial charge in [-0.1, -0.05) is 53.0 Å². The molecule has 0 heterocycles. The third kappa shape index (κ3) is 8.10. The second-order valence-electron chi connectivity index (χ2n) is 9.60. The minimum atomic E-state index is 0.0302. The normalized spacial score (nSPS) is 16.2. The number of phenols is 1. The van der Waals surface area contributed by atoms with Crippen molar-refractivity contribution < 1.29 is 9.84 Å². The molecule has 0 atom stereocenters. The van der Waals surface area contributed by atoms with Crippen molar-refractivity contribution in [3.63, 3.8) is 0 Å². The second kappa shape index (κ2) is 11.7. The second-order valence-corrected chi connectivity index (χ2v) is 9.60. The van der Waals surface area contributed by atoms with Crippen LogP contribution in [0.15, 0.2) is 17.1 Å². The van der Waals surface area contributed by atoms with Crippen LogP contribution in [-0.2, 0) is 16.7 Å². The van der Waals surface area contributed by atoms with Gasteiger partial charge in [0.05, 0.1) is 0 Å². The van der Waals surface area contributed by atoms with E-state index in [1.807, 2.05) is 6.21 Å². The van der Waals surface area contributed by atoms with E-state index in [1.54, 1.807) is 0 Å². The number of benzene rings is 1. The molecule has 1 aliphatic carbocycles. The summed E-state index contributed by atoms with van der Waals surface area (Å²) in [6.45, 7) is 12.1. The first kappa shape index (κ1) is 23.9. The lowest BCUT2D eigenvalue weighted by Gasteiger charge is -2.24. The van der Waals surface area contributed by atoms with E-state index in [0.29, 0.717) is 11.8 Å². The number of nitrogens with zero attached hydrogens (tertiary/aromatic N) is 2. The maximum Gasteiger partial charge on any atom is 0.128 e. The summed E-state index contributed by atoms with van der Waals surface area (Å²) in [5.41, 5.74) is 3.12. The Hall–Kier alpha value is -1.39. The lowest BCUT2D eigenvalue weighted by molar-refractivity contribution is 0.123. The van der Waals surface area contributed by atoms with E-state index in [-0.39, 0.29) is 5.41 Å². The van der Waals surface area contributed by atoms with Crippen LogP contribution in [0.2, 0.25) is 0 Å². The summed E-state index contributed by atoms with van der Waals surface area (Å²) in [6, 6.07) is 4.69. The van der Waals surface area contributed by atoms with Gasteiger partial charge in [0.1, 0.15) is 5.75 Å². The third-order valence-electron chi connectivity index (χ3n) is 5.70. The van der Waals surface area contributed by atoms with Crippen LogP contribution in [0.3, 0.4) is 0 Å². The molecular formula is C25H42N2O2. The summed E-state index contributed by atoms with van der Waals surface area (Å²) in [7, 11) is 2.11. The highest BCUT2D eigenvalue weighted by Gasteiger charge is 2.19. The first-order chi connectivity index (χ1) is 13.8. The average molecular weight is 403 g/mol. The van der Waals surface area contributed by atoms with E-state index in [0.717, 1.165) is 50.3 Å². The smallest absolute Gasteiger partial charge is 0.128 e. The molecule has 0 amide bonds. The van der Waals surface area contributed by atoms with Crippen LogP contribution in [0.5, 0.6) is 5.75 Å². The van der Waals surface area contributed by atoms with Crippen molar-refractivity contribution in [2.75, 3.05) is 26.8 Å². The quantitative estimate of drug-likeness (QED) is 0.404. The number of aromatic hydroxyl groups is 1. The molecule has 1 aromatic carbocycles. The van der Waals surface area contributed by atoms with Gasteiger partial charge in [-0.15, -0.1) is 0 Å². The molecule has 0 aliphatic heterocycles. The summed E-state index contributed by atoms with van der Waals surface area (Å²) < 4.78 is 5.59. The highest BCUT2D eigenvalue weighted by Crippen LogP contribution is 2.31. The van der Waals surface area contributed by atoms with Gasteiger partial charge in [0.25, 0.3) is 0 Å². The van der Waals surface area contributed by atoms with Gasteiger partial charge in [-0.3, -0.25) is 4.99 Å². The molecule has 0 radical (unpaired) electrons. The van der Waals surface area contributed by atoms with Gasteiger partial charge in [0.15, 0.2) is 0 Å². The van der Waals surface area contributed by atoms with Gasteiger partial charge in [-0.2, -0.15) is 0 Å². The van der Waals surface area contributed by atoms with Crippen molar-refractivity contribution in [1.82, 2.24) is 4.90 Å². The highest BCUT2D eigenvalue weighted by atomic mass is 16.5. The van der Waals surface area contributed by atoms with E-state index < -0.39 is 0 Å². The molecule has 1 N–H and O–H groups in total. The molecule has 0 unspecified atom stereocenters. The first-order valence-corrected chi connectivity index (χ1v) is 11.5. The predicted molar refractivity (Wildman–Crippen MR) is 123 cm³/mol. The zero-order valence-electron chi connectivity index (χ0n) is 19.3. The van der Waals surface area contributed by atoms with Crippen molar-refractivity contribution in [3.8, 4) is 5.75 Å². The maximum atomic E-state index is 11.0. The van der Waals surface area contributed by atoms with Crippen molar-refractivity contribution in [2.45, 2.75) is 90.6 Å². The molecule has 29 heavy (non-hydrogen) atoms. The predicted octanol–water partition coefficient (Wildman–Crippen LogP) is 5.69. The van der Waals surface area contributed by atoms with E-state index >= 15 is 0 Å². The van der Waals surface area contributed by atoms with Gasteiger partial charge in [0.2, 0.25) is 0 Å². The zero-order valence-corrected chi connectivity index (χ0v) is 19.3. The van der Waals surface area contributed by atoms with Gasteiger partial charge in [0, 0.05) is 49.7 Å². The molecule has 1 aliphatic rings.